The van der Waals surface area contributed by atoms with Gasteiger partial charge in [-0.3, -0.25) is 13.9 Å². The van der Waals surface area contributed by atoms with E-state index in [9.17, 15) is 18.0 Å². The van der Waals surface area contributed by atoms with E-state index in [1.54, 1.807) is 35.2 Å². The fraction of sp³-hybridized carbons (Fsp3) is 0.394. The SMILES string of the molecule is CC[C@H](C(=O)NC1CCCCC1)N(Cc1ccccc1C)C(=O)CN(c1ccc(C)cc1)S(=O)(=O)c1ccccc1. The first-order chi connectivity index (χ1) is 19.7. The van der Waals surface area contributed by atoms with Gasteiger partial charge in [0.15, 0.2) is 0 Å². The van der Waals surface area contributed by atoms with Crippen molar-refractivity contribution in [2.24, 2.45) is 0 Å². The number of rotatable bonds is 11. The Morgan fingerprint density at radius 3 is 2.15 bits per heavy atom. The smallest absolute Gasteiger partial charge is 0.264 e. The van der Waals surface area contributed by atoms with Gasteiger partial charge in [-0.1, -0.05) is 86.3 Å². The normalized spacial score (nSPS) is 14.7. The van der Waals surface area contributed by atoms with Crippen LogP contribution in [-0.2, 0) is 26.2 Å². The van der Waals surface area contributed by atoms with E-state index in [0.717, 1.165) is 46.7 Å². The highest BCUT2D eigenvalue weighted by molar-refractivity contribution is 7.92. The maximum Gasteiger partial charge on any atom is 0.264 e. The standard InChI is InChI=1S/C33H41N3O4S/c1-4-31(33(38)34-28-15-7-5-8-16-28)35(23-27-14-12-11-13-26(27)3)32(37)24-36(29-21-19-25(2)20-22-29)41(39,40)30-17-9-6-10-18-30/h6,9-14,17-22,28,31H,4-5,7-8,15-16,23-24H2,1-3H3,(H,34,38)/t31-/m1/s1. The van der Waals surface area contributed by atoms with Crippen LogP contribution >= 0.6 is 0 Å². The van der Waals surface area contributed by atoms with Crippen LogP contribution < -0.4 is 9.62 Å². The lowest BCUT2D eigenvalue weighted by Crippen LogP contribution is -2.54. The van der Waals surface area contributed by atoms with Crippen molar-refractivity contribution < 1.29 is 18.0 Å². The molecule has 0 aromatic heterocycles. The van der Waals surface area contributed by atoms with Crippen LogP contribution in [0.25, 0.3) is 0 Å². The fourth-order valence-corrected chi connectivity index (χ4v) is 6.83. The first-order valence-electron chi connectivity index (χ1n) is 14.5. The Bertz CT molecular complexity index is 1420. The molecule has 1 aliphatic rings. The van der Waals surface area contributed by atoms with Gasteiger partial charge in [-0.25, -0.2) is 8.42 Å². The van der Waals surface area contributed by atoms with Crippen LogP contribution in [0.4, 0.5) is 5.69 Å². The average Bonchev–Trinajstić information content (AvgIpc) is 2.98. The molecule has 1 atom stereocenters. The Balaban J connectivity index is 1.70. The van der Waals surface area contributed by atoms with E-state index >= 15 is 0 Å². The van der Waals surface area contributed by atoms with Crippen LogP contribution in [0.1, 0.15) is 62.1 Å². The number of hydrogen-bond acceptors (Lipinski definition) is 4. The van der Waals surface area contributed by atoms with E-state index in [0.29, 0.717) is 12.1 Å². The number of hydrogen-bond donors (Lipinski definition) is 1. The van der Waals surface area contributed by atoms with Gasteiger partial charge in [0, 0.05) is 12.6 Å². The van der Waals surface area contributed by atoms with E-state index in [4.69, 9.17) is 0 Å². The number of sulfonamides is 1. The van der Waals surface area contributed by atoms with Gasteiger partial charge in [-0.2, -0.15) is 0 Å². The minimum atomic E-state index is -4.07. The van der Waals surface area contributed by atoms with Gasteiger partial charge in [0.2, 0.25) is 11.8 Å². The molecule has 3 aromatic carbocycles. The highest BCUT2D eigenvalue weighted by Gasteiger charge is 2.34. The van der Waals surface area contributed by atoms with Gasteiger partial charge in [0.1, 0.15) is 12.6 Å². The van der Waals surface area contributed by atoms with Crippen LogP contribution in [0, 0.1) is 13.8 Å². The van der Waals surface area contributed by atoms with Crippen molar-refractivity contribution >= 4 is 27.5 Å². The average molecular weight is 576 g/mol. The van der Waals surface area contributed by atoms with E-state index in [1.165, 1.54) is 18.6 Å². The second kappa shape index (κ2) is 13.8. The van der Waals surface area contributed by atoms with Crippen LogP contribution in [-0.4, -0.2) is 43.8 Å². The third kappa shape index (κ3) is 7.55. The van der Waals surface area contributed by atoms with E-state index in [1.807, 2.05) is 57.2 Å². The molecule has 0 unspecified atom stereocenters. The van der Waals surface area contributed by atoms with Gasteiger partial charge in [-0.05, 0) is 68.5 Å². The highest BCUT2D eigenvalue weighted by Crippen LogP contribution is 2.26. The van der Waals surface area contributed by atoms with Gasteiger partial charge >= 0.3 is 0 Å². The Morgan fingerprint density at radius 1 is 0.878 bits per heavy atom. The zero-order chi connectivity index (χ0) is 29.4. The largest absolute Gasteiger partial charge is 0.352 e. The maximum atomic E-state index is 14.2. The quantitative estimate of drug-likeness (QED) is 0.315. The lowest BCUT2D eigenvalue weighted by molar-refractivity contribution is -0.140. The minimum Gasteiger partial charge on any atom is -0.352 e. The molecule has 1 N–H and O–H groups in total. The summed E-state index contributed by atoms with van der Waals surface area (Å²) < 4.78 is 29.0. The molecule has 0 saturated heterocycles. The summed E-state index contributed by atoms with van der Waals surface area (Å²) in [7, 11) is -4.07. The summed E-state index contributed by atoms with van der Waals surface area (Å²) in [5.74, 6) is -0.617. The van der Waals surface area contributed by atoms with Crippen molar-refractivity contribution in [2.45, 2.75) is 82.8 Å². The summed E-state index contributed by atoms with van der Waals surface area (Å²) in [4.78, 5) is 29.5. The van der Waals surface area contributed by atoms with Crippen molar-refractivity contribution in [3.63, 3.8) is 0 Å². The first-order valence-corrected chi connectivity index (χ1v) is 15.9. The first kappa shape index (κ1) is 30.3. The summed E-state index contributed by atoms with van der Waals surface area (Å²) in [6.07, 6.45) is 5.61. The van der Waals surface area contributed by atoms with Gasteiger partial charge < -0.3 is 10.2 Å². The lowest BCUT2D eigenvalue weighted by Gasteiger charge is -2.34. The fourth-order valence-electron chi connectivity index (χ4n) is 5.39. The molecule has 2 amide bonds. The molecule has 1 aliphatic carbocycles. The summed E-state index contributed by atoms with van der Waals surface area (Å²) in [5, 5.41) is 3.19. The number of carbonyl (C=O) groups is 2. The minimum absolute atomic E-state index is 0.0981. The Hall–Kier alpha value is -3.65. The number of amides is 2. The molecule has 218 valence electrons. The number of benzene rings is 3. The van der Waals surface area contributed by atoms with Crippen molar-refractivity contribution in [3.05, 3.63) is 95.6 Å². The molecule has 1 saturated carbocycles. The van der Waals surface area contributed by atoms with Crippen molar-refractivity contribution in [1.29, 1.82) is 0 Å². The molecule has 3 aromatic rings. The summed E-state index contributed by atoms with van der Waals surface area (Å²) in [6, 6.07) is 22.3. The Labute approximate surface area is 244 Å². The maximum absolute atomic E-state index is 14.2. The zero-order valence-corrected chi connectivity index (χ0v) is 25.1. The summed E-state index contributed by atoms with van der Waals surface area (Å²) in [6.45, 7) is 5.56. The van der Waals surface area contributed by atoms with Crippen molar-refractivity contribution in [1.82, 2.24) is 10.2 Å². The third-order valence-corrected chi connectivity index (χ3v) is 9.66. The number of aryl methyl sites for hydroxylation is 2. The van der Waals surface area contributed by atoms with Gasteiger partial charge in [-0.15, -0.1) is 0 Å². The number of carbonyl (C=O) groups excluding carboxylic acids is 2. The molecule has 0 aliphatic heterocycles. The topological polar surface area (TPSA) is 86.8 Å². The molecular weight excluding hydrogens is 534 g/mol. The molecule has 41 heavy (non-hydrogen) atoms. The molecular formula is C33H41N3O4S. The summed E-state index contributed by atoms with van der Waals surface area (Å²) in [5.41, 5.74) is 3.28. The molecule has 4 rings (SSSR count). The summed E-state index contributed by atoms with van der Waals surface area (Å²) >= 11 is 0. The second-order valence-electron chi connectivity index (χ2n) is 10.9. The molecule has 8 heteroatoms. The number of anilines is 1. The predicted molar refractivity (Wildman–Crippen MR) is 163 cm³/mol. The lowest BCUT2D eigenvalue weighted by atomic mass is 9.95. The Kier molecular flexibility index (Phi) is 10.2. The van der Waals surface area contributed by atoms with Crippen LogP contribution in [0.15, 0.2) is 83.8 Å². The molecule has 7 nitrogen and oxygen atoms in total. The molecule has 1 fully saturated rings. The van der Waals surface area contributed by atoms with Crippen LogP contribution in [0.3, 0.4) is 0 Å². The predicted octanol–water partition coefficient (Wildman–Crippen LogP) is 5.76. The second-order valence-corrected chi connectivity index (χ2v) is 12.7. The van der Waals surface area contributed by atoms with Gasteiger partial charge in [0.25, 0.3) is 10.0 Å². The molecule has 0 spiro atoms. The molecule has 0 radical (unpaired) electrons. The van der Waals surface area contributed by atoms with Crippen molar-refractivity contribution in [2.75, 3.05) is 10.8 Å². The van der Waals surface area contributed by atoms with Gasteiger partial charge in [0.05, 0.1) is 10.6 Å². The van der Waals surface area contributed by atoms with Crippen LogP contribution in [0.2, 0.25) is 0 Å². The molecule has 0 heterocycles. The van der Waals surface area contributed by atoms with Crippen molar-refractivity contribution in [3.8, 4) is 0 Å². The number of nitrogens with zero attached hydrogens (tertiary/aromatic N) is 2. The Morgan fingerprint density at radius 2 is 1.51 bits per heavy atom. The van der Waals surface area contributed by atoms with E-state index in [-0.39, 0.29) is 23.4 Å². The molecule has 0 bridgehead atoms. The third-order valence-electron chi connectivity index (χ3n) is 7.87. The number of nitrogens with one attached hydrogen (secondary N) is 1. The van der Waals surface area contributed by atoms with Crippen LogP contribution in [0.5, 0.6) is 0 Å². The van der Waals surface area contributed by atoms with E-state index in [2.05, 4.69) is 5.32 Å². The highest BCUT2D eigenvalue weighted by atomic mass is 32.2. The monoisotopic (exact) mass is 575 g/mol. The van der Waals surface area contributed by atoms with E-state index < -0.39 is 28.5 Å². The zero-order valence-electron chi connectivity index (χ0n) is 24.3.